The third-order valence-corrected chi connectivity index (χ3v) is 4.10. The van der Waals surface area contributed by atoms with E-state index >= 15 is 0 Å². The number of hydrogen-bond acceptors (Lipinski definition) is 2. The highest BCUT2D eigenvalue weighted by atomic mass is 35.5. The number of nitrogens with zero attached hydrogens (tertiary/aromatic N) is 1. The van der Waals surface area contributed by atoms with Gasteiger partial charge in [-0.2, -0.15) is 0 Å². The normalized spacial score (nSPS) is 10.4. The number of pyridine rings is 1. The second kappa shape index (κ2) is 6.19. The topological polar surface area (TPSA) is 42.0 Å². The molecule has 1 heterocycles. The van der Waals surface area contributed by atoms with Crippen molar-refractivity contribution in [2.75, 3.05) is 5.32 Å². The molecule has 7 heteroatoms. The number of para-hydroxylation sites is 1. The van der Waals surface area contributed by atoms with Crippen LogP contribution in [0.2, 0.25) is 20.4 Å². The van der Waals surface area contributed by atoms with Crippen LogP contribution in [0.3, 0.4) is 0 Å². The number of rotatable bonds is 2. The molecule has 0 fully saturated rings. The number of benzene rings is 1. The molecule has 104 valence electrons. The van der Waals surface area contributed by atoms with E-state index in [0.717, 1.165) is 5.56 Å². The highest BCUT2D eigenvalue weighted by Crippen LogP contribution is 2.35. The molecule has 0 spiro atoms. The van der Waals surface area contributed by atoms with Gasteiger partial charge in [0, 0.05) is 5.69 Å². The summed E-state index contributed by atoms with van der Waals surface area (Å²) < 4.78 is 0. The Balaban J connectivity index is 2.40. The lowest BCUT2D eigenvalue weighted by Crippen LogP contribution is -2.14. The van der Waals surface area contributed by atoms with Crippen LogP contribution in [0.1, 0.15) is 15.9 Å². The molecule has 1 aromatic heterocycles. The summed E-state index contributed by atoms with van der Waals surface area (Å²) in [5.74, 6) is -0.500. The largest absolute Gasteiger partial charge is 0.322 e. The summed E-state index contributed by atoms with van der Waals surface area (Å²) >= 11 is 23.5. The minimum atomic E-state index is -0.500. The van der Waals surface area contributed by atoms with Crippen LogP contribution in [-0.4, -0.2) is 10.9 Å². The van der Waals surface area contributed by atoms with E-state index in [1.165, 1.54) is 0 Å². The van der Waals surface area contributed by atoms with E-state index in [0.29, 0.717) is 5.69 Å². The lowest BCUT2D eigenvalue weighted by molar-refractivity contribution is 0.102. The Morgan fingerprint density at radius 3 is 2.35 bits per heavy atom. The van der Waals surface area contributed by atoms with Crippen LogP contribution in [0.15, 0.2) is 24.3 Å². The van der Waals surface area contributed by atoms with Gasteiger partial charge < -0.3 is 5.32 Å². The molecule has 0 aliphatic rings. The summed E-state index contributed by atoms with van der Waals surface area (Å²) in [4.78, 5) is 16.0. The molecule has 0 aliphatic carbocycles. The number of aromatic nitrogens is 1. The molecule has 0 aliphatic heterocycles. The molecular weight excluding hydrogens is 342 g/mol. The van der Waals surface area contributed by atoms with Gasteiger partial charge in [0.25, 0.3) is 5.91 Å². The maximum atomic E-state index is 12.2. The van der Waals surface area contributed by atoms with E-state index in [1.807, 2.05) is 19.1 Å². The maximum Gasteiger partial charge on any atom is 0.260 e. The smallest absolute Gasteiger partial charge is 0.260 e. The maximum absolute atomic E-state index is 12.2. The Kier molecular flexibility index (Phi) is 4.76. The number of halogens is 4. The van der Waals surface area contributed by atoms with Gasteiger partial charge in [-0.15, -0.1) is 0 Å². The predicted octanol–water partition coefficient (Wildman–Crippen LogP) is 5.26. The number of hydrogen-bond donors (Lipinski definition) is 1. The number of anilines is 1. The number of amides is 1. The van der Waals surface area contributed by atoms with Crippen LogP contribution >= 0.6 is 46.4 Å². The third kappa shape index (κ3) is 3.01. The van der Waals surface area contributed by atoms with Crippen LogP contribution < -0.4 is 5.32 Å². The quantitative estimate of drug-likeness (QED) is 0.751. The van der Waals surface area contributed by atoms with Gasteiger partial charge in [-0.25, -0.2) is 4.98 Å². The summed E-state index contributed by atoms with van der Waals surface area (Å²) in [5.41, 5.74) is 1.54. The summed E-state index contributed by atoms with van der Waals surface area (Å²) in [6.07, 6.45) is 0. The molecule has 3 nitrogen and oxygen atoms in total. The molecule has 0 saturated carbocycles. The zero-order chi connectivity index (χ0) is 14.9. The Labute approximate surface area is 135 Å². The number of carbonyl (C=O) groups excluding carboxylic acids is 1. The van der Waals surface area contributed by atoms with Gasteiger partial charge in [0.05, 0.1) is 15.6 Å². The van der Waals surface area contributed by atoms with Crippen molar-refractivity contribution in [3.63, 3.8) is 0 Å². The number of carbonyl (C=O) groups is 1. The van der Waals surface area contributed by atoms with Crippen molar-refractivity contribution >= 4 is 58.0 Å². The molecule has 20 heavy (non-hydrogen) atoms. The van der Waals surface area contributed by atoms with Crippen LogP contribution in [0.4, 0.5) is 5.69 Å². The van der Waals surface area contributed by atoms with Crippen LogP contribution in [0.25, 0.3) is 0 Å². The van der Waals surface area contributed by atoms with Gasteiger partial charge >= 0.3 is 0 Å². The fourth-order valence-electron chi connectivity index (χ4n) is 1.57. The Morgan fingerprint density at radius 2 is 1.70 bits per heavy atom. The Hall–Kier alpha value is -1.000. The minimum Gasteiger partial charge on any atom is -0.322 e. The van der Waals surface area contributed by atoms with Crippen molar-refractivity contribution in [1.29, 1.82) is 0 Å². The highest BCUT2D eigenvalue weighted by Gasteiger charge is 2.21. The molecule has 0 unspecified atom stereocenters. The fraction of sp³-hybridized carbons (Fsp3) is 0.0769. The van der Waals surface area contributed by atoms with E-state index in [-0.39, 0.29) is 25.9 Å². The first kappa shape index (κ1) is 15.4. The zero-order valence-electron chi connectivity index (χ0n) is 10.2. The summed E-state index contributed by atoms with van der Waals surface area (Å²) in [6.45, 7) is 1.87. The number of nitrogens with one attached hydrogen (secondary N) is 1. The Bertz CT molecular complexity index is 688. The molecule has 2 rings (SSSR count). The van der Waals surface area contributed by atoms with Crippen molar-refractivity contribution in [3.8, 4) is 0 Å². The van der Waals surface area contributed by atoms with Gasteiger partial charge in [0.1, 0.15) is 5.15 Å². The average Bonchev–Trinajstić information content (AvgIpc) is 2.39. The van der Waals surface area contributed by atoms with Crippen molar-refractivity contribution in [1.82, 2.24) is 4.98 Å². The lowest BCUT2D eigenvalue weighted by Gasteiger charge is -2.11. The molecule has 2 aromatic rings. The summed E-state index contributed by atoms with van der Waals surface area (Å²) in [6, 6.07) is 7.30. The van der Waals surface area contributed by atoms with Crippen molar-refractivity contribution in [2.45, 2.75) is 6.92 Å². The molecule has 1 amide bonds. The minimum absolute atomic E-state index is 0.00679. The van der Waals surface area contributed by atoms with Gasteiger partial charge in [0.15, 0.2) is 5.15 Å². The van der Waals surface area contributed by atoms with Crippen LogP contribution in [0.5, 0.6) is 0 Å². The van der Waals surface area contributed by atoms with Crippen molar-refractivity contribution in [2.24, 2.45) is 0 Å². The fourth-order valence-corrected chi connectivity index (χ4v) is 2.56. The van der Waals surface area contributed by atoms with Crippen molar-refractivity contribution < 1.29 is 4.79 Å². The van der Waals surface area contributed by atoms with E-state index in [9.17, 15) is 4.79 Å². The number of aryl methyl sites for hydroxylation is 1. The SMILES string of the molecule is Cc1ccccc1NC(=O)c1c(Cl)nc(Cl)c(Cl)c1Cl. The molecule has 0 atom stereocenters. The van der Waals surface area contributed by atoms with Gasteiger partial charge in [-0.3, -0.25) is 4.79 Å². The first-order valence-electron chi connectivity index (χ1n) is 5.48. The van der Waals surface area contributed by atoms with Crippen LogP contribution in [-0.2, 0) is 0 Å². The van der Waals surface area contributed by atoms with Gasteiger partial charge in [0.2, 0.25) is 0 Å². The third-order valence-electron chi connectivity index (χ3n) is 2.62. The van der Waals surface area contributed by atoms with E-state index < -0.39 is 5.91 Å². The first-order chi connectivity index (χ1) is 9.41. The standard InChI is InChI=1S/C13H8Cl4N2O/c1-6-4-2-3-5-7(6)18-13(20)8-9(14)10(15)12(17)19-11(8)16/h2-5H,1H3,(H,18,20). The summed E-state index contributed by atoms with van der Waals surface area (Å²) in [5, 5.41) is 2.52. The van der Waals surface area contributed by atoms with Crippen LogP contribution in [0, 0.1) is 6.92 Å². The summed E-state index contributed by atoms with van der Waals surface area (Å²) in [7, 11) is 0. The second-order valence-corrected chi connectivity index (χ2v) is 5.44. The van der Waals surface area contributed by atoms with Gasteiger partial charge in [-0.05, 0) is 18.6 Å². The van der Waals surface area contributed by atoms with E-state index in [2.05, 4.69) is 10.3 Å². The van der Waals surface area contributed by atoms with Crippen molar-refractivity contribution in [3.05, 3.63) is 55.7 Å². The molecular formula is C13H8Cl4N2O. The van der Waals surface area contributed by atoms with Gasteiger partial charge in [-0.1, -0.05) is 64.6 Å². The highest BCUT2D eigenvalue weighted by molar-refractivity contribution is 6.50. The molecule has 1 N–H and O–H groups in total. The molecule has 0 radical (unpaired) electrons. The molecule has 0 saturated heterocycles. The average molecular weight is 350 g/mol. The monoisotopic (exact) mass is 348 g/mol. The van der Waals surface area contributed by atoms with E-state index in [4.69, 9.17) is 46.4 Å². The molecule has 1 aromatic carbocycles. The second-order valence-electron chi connectivity index (χ2n) is 3.97. The zero-order valence-corrected chi connectivity index (χ0v) is 13.2. The van der Waals surface area contributed by atoms with E-state index in [1.54, 1.807) is 12.1 Å². The molecule has 0 bridgehead atoms. The Morgan fingerprint density at radius 1 is 1.05 bits per heavy atom. The first-order valence-corrected chi connectivity index (χ1v) is 7.00. The lowest BCUT2D eigenvalue weighted by atomic mass is 10.2. The predicted molar refractivity (Wildman–Crippen MR) is 83.4 cm³/mol.